The van der Waals surface area contributed by atoms with Crippen LogP contribution in [0.4, 0.5) is 6.01 Å². The maximum atomic E-state index is 12.8. The summed E-state index contributed by atoms with van der Waals surface area (Å²) in [5.41, 5.74) is 0.537. The molecular weight excluding hydrogens is 468 g/mol. The Kier molecular flexibility index (Phi) is 9.98. The predicted molar refractivity (Wildman–Crippen MR) is 122 cm³/mol. The summed E-state index contributed by atoms with van der Waals surface area (Å²) in [6.45, 7) is 1.51. The minimum Gasteiger partial charge on any atom is -0.431 e. The number of hydrogen-bond acceptors (Lipinski definition) is 9. The summed E-state index contributed by atoms with van der Waals surface area (Å²) in [4.78, 5) is 28.2. The Labute approximate surface area is 197 Å². The monoisotopic (exact) mass is 498 g/mol. The van der Waals surface area contributed by atoms with E-state index >= 15 is 0 Å². The number of aliphatic hydroxyl groups is 2. The number of ether oxygens (including phenoxy) is 1. The number of sulfonamides is 1. The second-order valence-corrected chi connectivity index (χ2v) is 9.50. The van der Waals surface area contributed by atoms with Crippen LogP contribution in [-0.4, -0.2) is 79.7 Å². The Balaban J connectivity index is 2.24. The van der Waals surface area contributed by atoms with Gasteiger partial charge in [0.2, 0.25) is 15.9 Å². The quantitative estimate of drug-likeness (QED) is 0.247. The Morgan fingerprint density at radius 2 is 1.76 bits per heavy atom. The van der Waals surface area contributed by atoms with E-state index in [1.807, 2.05) is 10.8 Å². The highest BCUT2D eigenvalue weighted by Gasteiger charge is 2.34. The summed E-state index contributed by atoms with van der Waals surface area (Å²) < 4.78 is 34.7. The molecule has 0 aliphatic carbocycles. The molecule has 0 bridgehead atoms. The predicted octanol–water partition coefficient (Wildman–Crippen LogP) is -0.350. The van der Waals surface area contributed by atoms with Gasteiger partial charge in [-0.3, -0.25) is 9.59 Å². The summed E-state index contributed by atoms with van der Waals surface area (Å²) >= 11 is 0. The van der Waals surface area contributed by atoms with E-state index < -0.39 is 52.1 Å². The van der Waals surface area contributed by atoms with Gasteiger partial charge in [0.1, 0.15) is 18.5 Å². The highest BCUT2D eigenvalue weighted by Crippen LogP contribution is 2.15. The number of carbonyl (C=O) groups excluding carboxylic acids is 2. The smallest absolute Gasteiger partial charge is 0.309 e. The number of methoxy groups -OCH3 is 1. The van der Waals surface area contributed by atoms with Crippen LogP contribution in [0.25, 0.3) is 0 Å². The van der Waals surface area contributed by atoms with E-state index in [4.69, 9.17) is 9.15 Å². The third kappa shape index (κ3) is 8.74. The molecule has 1 aromatic heterocycles. The molecule has 12 nitrogen and oxygen atoms in total. The number of anilines is 1. The molecule has 0 fully saturated rings. The van der Waals surface area contributed by atoms with Crippen LogP contribution in [0, 0.1) is 0 Å². The van der Waals surface area contributed by atoms with Gasteiger partial charge in [0.15, 0.2) is 5.69 Å². The molecular formula is C21H30N4O8S. The standard InChI is InChI=1S/C21H30N4O8S/c1-13(26)22-15(9-10-32-2)18(27)19(28)16(11-14-7-5-4-6-8-14)23-20(29)17-12-33-21(24-17)25-34(3,30)31/h4-8,12,15-16,18-19,27-28H,9-11H2,1-3H3,(H,22,26)(H,23,29)(H,24,25)/t15-,16+,18-,19-/m1/s1. The molecule has 5 N–H and O–H groups in total. The fraction of sp³-hybridized carbons (Fsp3) is 0.476. The molecule has 0 saturated heterocycles. The van der Waals surface area contributed by atoms with Crippen LogP contribution in [0.1, 0.15) is 29.4 Å². The molecule has 4 atom stereocenters. The van der Waals surface area contributed by atoms with E-state index in [1.165, 1.54) is 14.0 Å². The van der Waals surface area contributed by atoms with Gasteiger partial charge < -0.3 is 30.0 Å². The van der Waals surface area contributed by atoms with E-state index in [-0.39, 0.29) is 25.1 Å². The van der Waals surface area contributed by atoms with Crippen LogP contribution < -0.4 is 15.4 Å². The number of carbonyl (C=O) groups is 2. The summed E-state index contributed by atoms with van der Waals surface area (Å²) in [6, 6.07) is 6.75. The highest BCUT2D eigenvalue weighted by atomic mass is 32.2. The minimum absolute atomic E-state index is 0.147. The van der Waals surface area contributed by atoms with Crippen molar-refractivity contribution in [2.75, 3.05) is 24.7 Å². The Morgan fingerprint density at radius 1 is 1.12 bits per heavy atom. The van der Waals surface area contributed by atoms with Crippen molar-refractivity contribution in [1.82, 2.24) is 15.6 Å². The topological polar surface area (TPSA) is 180 Å². The molecule has 0 unspecified atom stereocenters. The second kappa shape index (κ2) is 12.5. The van der Waals surface area contributed by atoms with E-state index in [0.717, 1.165) is 18.1 Å². The maximum Gasteiger partial charge on any atom is 0.309 e. The van der Waals surface area contributed by atoms with Crippen molar-refractivity contribution >= 4 is 27.9 Å². The van der Waals surface area contributed by atoms with Gasteiger partial charge in [0, 0.05) is 20.6 Å². The Bertz CT molecular complexity index is 1040. The molecule has 0 radical (unpaired) electrons. The van der Waals surface area contributed by atoms with Crippen molar-refractivity contribution in [1.29, 1.82) is 0 Å². The lowest BCUT2D eigenvalue weighted by Crippen LogP contribution is -2.56. The van der Waals surface area contributed by atoms with Gasteiger partial charge in [-0.05, 0) is 18.4 Å². The molecule has 1 aromatic carbocycles. The fourth-order valence-electron chi connectivity index (χ4n) is 3.26. The van der Waals surface area contributed by atoms with Gasteiger partial charge in [-0.1, -0.05) is 30.3 Å². The van der Waals surface area contributed by atoms with E-state index in [2.05, 4.69) is 15.6 Å². The molecule has 0 aliphatic rings. The van der Waals surface area contributed by atoms with E-state index in [9.17, 15) is 28.2 Å². The molecule has 13 heteroatoms. The number of nitrogens with zero attached hydrogens (tertiary/aromatic N) is 1. The van der Waals surface area contributed by atoms with Crippen molar-refractivity contribution in [3.8, 4) is 0 Å². The lowest BCUT2D eigenvalue weighted by molar-refractivity contribution is -0.121. The summed E-state index contributed by atoms with van der Waals surface area (Å²) in [5.74, 6) is -1.16. The van der Waals surface area contributed by atoms with Crippen LogP contribution in [0.15, 0.2) is 41.0 Å². The SMILES string of the molecule is COCC[C@@H](NC(C)=O)[C@@H](O)[C@H](O)[C@H](Cc1ccccc1)NC(=O)c1coc(NS(C)(=O)=O)n1. The van der Waals surface area contributed by atoms with Crippen LogP contribution in [0.2, 0.25) is 0 Å². The number of oxazole rings is 1. The van der Waals surface area contributed by atoms with Crippen LogP contribution >= 0.6 is 0 Å². The zero-order chi connectivity index (χ0) is 25.3. The molecule has 0 spiro atoms. The average Bonchev–Trinajstić information content (AvgIpc) is 3.22. The van der Waals surface area contributed by atoms with Crippen LogP contribution in [0.5, 0.6) is 0 Å². The van der Waals surface area contributed by atoms with Crippen molar-refractivity contribution < 1.29 is 37.4 Å². The van der Waals surface area contributed by atoms with Crippen LogP contribution in [0.3, 0.4) is 0 Å². The lowest BCUT2D eigenvalue weighted by Gasteiger charge is -2.32. The number of nitrogens with one attached hydrogen (secondary N) is 3. The van der Waals surface area contributed by atoms with Gasteiger partial charge in [-0.25, -0.2) is 13.1 Å². The highest BCUT2D eigenvalue weighted by molar-refractivity contribution is 7.91. The zero-order valence-corrected chi connectivity index (χ0v) is 19.9. The second-order valence-electron chi connectivity index (χ2n) is 7.75. The van der Waals surface area contributed by atoms with Gasteiger partial charge in [-0.15, -0.1) is 0 Å². The van der Waals surface area contributed by atoms with E-state index in [0.29, 0.717) is 0 Å². The largest absolute Gasteiger partial charge is 0.431 e. The molecule has 0 saturated carbocycles. The number of aliphatic hydroxyl groups excluding tert-OH is 2. The van der Waals surface area contributed by atoms with Gasteiger partial charge in [-0.2, -0.15) is 4.98 Å². The van der Waals surface area contributed by atoms with E-state index in [1.54, 1.807) is 24.3 Å². The first-order valence-corrected chi connectivity index (χ1v) is 12.3. The molecule has 0 aliphatic heterocycles. The first kappa shape index (κ1) is 27.2. The summed E-state index contributed by atoms with van der Waals surface area (Å²) in [7, 11) is -2.19. The summed E-state index contributed by atoms with van der Waals surface area (Å²) in [5, 5.41) is 27.0. The number of rotatable bonds is 13. The van der Waals surface area contributed by atoms with Crippen molar-refractivity contribution in [3.63, 3.8) is 0 Å². The molecule has 34 heavy (non-hydrogen) atoms. The minimum atomic E-state index is -3.66. The Morgan fingerprint density at radius 3 is 2.35 bits per heavy atom. The first-order chi connectivity index (χ1) is 16.0. The molecule has 188 valence electrons. The zero-order valence-electron chi connectivity index (χ0n) is 19.1. The molecule has 1 heterocycles. The number of aromatic nitrogens is 1. The van der Waals surface area contributed by atoms with Crippen LogP contribution in [-0.2, 0) is 26.0 Å². The third-order valence-corrected chi connectivity index (χ3v) is 5.37. The molecule has 2 amide bonds. The first-order valence-electron chi connectivity index (χ1n) is 10.4. The maximum absolute atomic E-state index is 12.8. The lowest BCUT2D eigenvalue weighted by atomic mass is 9.92. The molecule has 2 aromatic rings. The summed E-state index contributed by atoms with van der Waals surface area (Å²) in [6.07, 6.45) is -0.687. The molecule has 2 rings (SSSR count). The fourth-order valence-corrected chi connectivity index (χ4v) is 3.67. The van der Waals surface area contributed by atoms with Crippen molar-refractivity contribution in [2.24, 2.45) is 0 Å². The van der Waals surface area contributed by atoms with Gasteiger partial charge in [0.25, 0.3) is 5.91 Å². The van der Waals surface area contributed by atoms with Gasteiger partial charge >= 0.3 is 6.01 Å². The normalized spacial score (nSPS) is 15.1. The van der Waals surface area contributed by atoms with Gasteiger partial charge in [0.05, 0.1) is 18.3 Å². The van der Waals surface area contributed by atoms with Crippen molar-refractivity contribution in [2.45, 2.75) is 44.1 Å². The number of hydrogen-bond donors (Lipinski definition) is 5. The Hall–Kier alpha value is -3.00. The third-order valence-electron chi connectivity index (χ3n) is 4.82. The van der Waals surface area contributed by atoms with Crippen molar-refractivity contribution in [3.05, 3.63) is 47.9 Å². The number of benzene rings is 1. The average molecular weight is 499 g/mol. The number of amides is 2.